The molecule has 1 heterocycles. The van der Waals surface area contributed by atoms with Crippen LogP contribution in [0, 0.1) is 0 Å². The molecule has 1 fully saturated rings. The Labute approximate surface area is 111 Å². The predicted octanol–water partition coefficient (Wildman–Crippen LogP) is 0.732. The molecule has 0 unspecified atom stereocenters. The Bertz CT molecular complexity index is 438. The smallest absolute Gasteiger partial charge is 0.260 e. The van der Waals surface area contributed by atoms with Gasteiger partial charge in [0, 0.05) is 13.1 Å². The molecule has 6 heteroatoms. The first-order valence-corrected chi connectivity index (χ1v) is 6.05. The van der Waals surface area contributed by atoms with E-state index in [4.69, 9.17) is 14.7 Å². The van der Waals surface area contributed by atoms with E-state index in [1.54, 1.807) is 29.2 Å². The number of oxime groups is 1. The van der Waals surface area contributed by atoms with Crippen molar-refractivity contribution in [2.24, 2.45) is 5.16 Å². The Morgan fingerprint density at radius 1 is 1.37 bits per heavy atom. The van der Waals surface area contributed by atoms with Crippen molar-refractivity contribution in [2.75, 3.05) is 32.9 Å². The molecule has 0 aromatic heterocycles. The summed E-state index contributed by atoms with van der Waals surface area (Å²) in [6.45, 7) is 2.43. The summed E-state index contributed by atoms with van der Waals surface area (Å²) >= 11 is 0. The van der Waals surface area contributed by atoms with E-state index in [0.717, 1.165) is 5.56 Å². The molecular formula is C13H16N2O4. The summed E-state index contributed by atoms with van der Waals surface area (Å²) in [6.07, 6.45) is 1.32. The van der Waals surface area contributed by atoms with Crippen molar-refractivity contribution in [3.8, 4) is 5.75 Å². The van der Waals surface area contributed by atoms with Gasteiger partial charge < -0.3 is 19.6 Å². The van der Waals surface area contributed by atoms with E-state index in [1.807, 2.05) is 0 Å². The van der Waals surface area contributed by atoms with Gasteiger partial charge in [-0.25, -0.2) is 0 Å². The van der Waals surface area contributed by atoms with E-state index in [1.165, 1.54) is 6.21 Å². The Morgan fingerprint density at radius 3 is 2.68 bits per heavy atom. The Balaban J connectivity index is 1.82. The van der Waals surface area contributed by atoms with Crippen LogP contribution in [0.5, 0.6) is 5.75 Å². The van der Waals surface area contributed by atoms with Crippen LogP contribution in [0.3, 0.4) is 0 Å². The first-order chi connectivity index (χ1) is 9.29. The van der Waals surface area contributed by atoms with Gasteiger partial charge in [0.15, 0.2) is 6.61 Å². The average molecular weight is 264 g/mol. The molecule has 0 atom stereocenters. The highest BCUT2D eigenvalue weighted by Gasteiger charge is 2.16. The molecule has 0 saturated carbocycles. The van der Waals surface area contributed by atoms with Crippen molar-refractivity contribution < 1.29 is 19.5 Å². The maximum absolute atomic E-state index is 11.8. The van der Waals surface area contributed by atoms with Gasteiger partial charge in [-0.05, 0) is 29.8 Å². The summed E-state index contributed by atoms with van der Waals surface area (Å²) in [4.78, 5) is 13.6. The second-order valence-corrected chi connectivity index (χ2v) is 4.10. The van der Waals surface area contributed by atoms with E-state index in [0.29, 0.717) is 32.1 Å². The fourth-order valence-corrected chi connectivity index (χ4v) is 1.77. The third-order valence-electron chi connectivity index (χ3n) is 2.81. The molecule has 19 heavy (non-hydrogen) atoms. The molecule has 1 amide bonds. The van der Waals surface area contributed by atoms with Gasteiger partial charge in [0.05, 0.1) is 19.4 Å². The van der Waals surface area contributed by atoms with Crippen LogP contribution in [0.15, 0.2) is 29.4 Å². The first kappa shape index (κ1) is 13.4. The molecule has 1 N–H and O–H groups in total. The summed E-state index contributed by atoms with van der Waals surface area (Å²) in [7, 11) is 0. The zero-order valence-corrected chi connectivity index (χ0v) is 10.5. The average Bonchev–Trinajstić information content (AvgIpc) is 2.47. The number of hydrogen-bond acceptors (Lipinski definition) is 5. The summed E-state index contributed by atoms with van der Waals surface area (Å²) in [6, 6.07) is 6.94. The van der Waals surface area contributed by atoms with E-state index in [9.17, 15) is 4.79 Å². The second-order valence-electron chi connectivity index (χ2n) is 4.10. The molecule has 0 radical (unpaired) electrons. The highest BCUT2D eigenvalue weighted by atomic mass is 16.5. The van der Waals surface area contributed by atoms with Crippen LogP contribution in [0.25, 0.3) is 0 Å². The van der Waals surface area contributed by atoms with Crippen LogP contribution in [-0.4, -0.2) is 55.1 Å². The molecule has 6 nitrogen and oxygen atoms in total. The number of benzene rings is 1. The Kier molecular flexibility index (Phi) is 4.74. The number of ether oxygens (including phenoxy) is 2. The van der Waals surface area contributed by atoms with Crippen LogP contribution in [0.2, 0.25) is 0 Å². The highest BCUT2D eigenvalue weighted by molar-refractivity contribution is 5.79. The van der Waals surface area contributed by atoms with Crippen molar-refractivity contribution in [1.82, 2.24) is 4.90 Å². The second kappa shape index (κ2) is 6.75. The topological polar surface area (TPSA) is 71.4 Å². The minimum atomic E-state index is -0.0377. The first-order valence-electron chi connectivity index (χ1n) is 6.05. The third kappa shape index (κ3) is 3.96. The lowest BCUT2D eigenvalue weighted by atomic mass is 10.2. The Morgan fingerprint density at radius 2 is 2.05 bits per heavy atom. The maximum atomic E-state index is 11.8. The molecule has 1 aromatic carbocycles. The van der Waals surface area contributed by atoms with Crippen LogP contribution < -0.4 is 4.74 Å². The molecule has 0 aliphatic carbocycles. The lowest BCUT2D eigenvalue weighted by Crippen LogP contribution is -2.42. The van der Waals surface area contributed by atoms with Gasteiger partial charge in [-0.2, -0.15) is 0 Å². The van der Waals surface area contributed by atoms with E-state index in [2.05, 4.69) is 5.16 Å². The largest absolute Gasteiger partial charge is 0.484 e. The minimum absolute atomic E-state index is 0.0213. The lowest BCUT2D eigenvalue weighted by Gasteiger charge is -2.26. The van der Waals surface area contributed by atoms with Gasteiger partial charge in [-0.3, -0.25) is 4.79 Å². The Hall–Kier alpha value is -2.08. The normalized spacial score (nSPS) is 15.7. The van der Waals surface area contributed by atoms with E-state index in [-0.39, 0.29) is 12.5 Å². The number of nitrogens with zero attached hydrogens (tertiary/aromatic N) is 2. The van der Waals surface area contributed by atoms with Crippen LogP contribution in [0.1, 0.15) is 5.56 Å². The van der Waals surface area contributed by atoms with Crippen LogP contribution in [0.4, 0.5) is 0 Å². The number of hydrogen-bond donors (Lipinski definition) is 1. The highest BCUT2D eigenvalue weighted by Crippen LogP contribution is 2.11. The van der Waals surface area contributed by atoms with Crippen molar-refractivity contribution >= 4 is 12.1 Å². The molecule has 1 aliphatic heterocycles. The molecule has 1 saturated heterocycles. The summed E-state index contributed by atoms with van der Waals surface area (Å²) in [5.41, 5.74) is 0.759. The molecular weight excluding hydrogens is 248 g/mol. The van der Waals surface area contributed by atoms with Crippen molar-refractivity contribution in [2.45, 2.75) is 0 Å². The van der Waals surface area contributed by atoms with Crippen molar-refractivity contribution in [3.05, 3.63) is 29.8 Å². The monoisotopic (exact) mass is 264 g/mol. The zero-order valence-electron chi connectivity index (χ0n) is 10.5. The number of carbonyl (C=O) groups excluding carboxylic acids is 1. The maximum Gasteiger partial charge on any atom is 0.260 e. The minimum Gasteiger partial charge on any atom is -0.484 e. The van der Waals surface area contributed by atoms with Gasteiger partial charge in [0.25, 0.3) is 5.91 Å². The third-order valence-corrected chi connectivity index (χ3v) is 2.81. The predicted molar refractivity (Wildman–Crippen MR) is 68.7 cm³/mol. The van der Waals surface area contributed by atoms with Crippen LogP contribution >= 0.6 is 0 Å². The lowest BCUT2D eigenvalue weighted by molar-refractivity contribution is -0.137. The van der Waals surface area contributed by atoms with Gasteiger partial charge >= 0.3 is 0 Å². The van der Waals surface area contributed by atoms with Crippen molar-refractivity contribution in [1.29, 1.82) is 0 Å². The fourth-order valence-electron chi connectivity index (χ4n) is 1.77. The number of amides is 1. The van der Waals surface area contributed by atoms with Gasteiger partial charge in [0.2, 0.25) is 0 Å². The SMILES string of the molecule is O=C(COc1ccc(C=NO)cc1)N1CCOCC1. The molecule has 0 spiro atoms. The summed E-state index contributed by atoms with van der Waals surface area (Å²) in [5.74, 6) is 0.570. The van der Waals surface area contributed by atoms with E-state index >= 15 is 0 Å². The summed E-state index contributed by atoms with van der Waals surface area (Å²) < 4.78 is 10.6. The van der Waals surface area contributed by atoms with Crippen LogP contribution in [-0.2, 0) is 9.53 Å². The number of carbonyl (C=O) groups is 1. The number of morpholine rings is 1. The molecule has 1 aliphatic rings. The molecule has 2 rings (SSSR count). The van der Waals surface area contributed by atoms with Gasteiger partial charge in [-0.15, -0.1) is 0 Å². The zero-order chi connectivity index (χ0) is 13.5. The van der Waals surface area contributed by atoms with Crippen molar-refractivity contribution in [3.63, 3.8) is 0 Å². The molecule has 102 valence electrons. The quantitative estimate of drug-likeness (QED) is 0.494. The molecule has 1 aromatic rings. The van der Waals surface area contributed by atoms with Gasteiger partial charge in [0.1, 0.15) is 5.75 Å². The van der Waals surface area contributed by atoms with E-state index < -0.39 is 0 Å². The summed E-state index contributed by atoms with van der Waals surface area (Å²) in [5, 5.41) is 11.3. The fraction of sp³-hybridized carbons (Fsp3) is 0.385. The number of rotatable bonds is 4. The standard InChI is InChI=1S/C13H16N2O4/c16-13(15-5-7-18-8-6-15)10-19-12-3-1-11(2-4-12)9-14-17/h1-4,9,17H,5-8,10H2. The van der Waals surface area contributed by atoms with Gasteiger partial charge in [-0.1, -0.05) is 5.16 Å². The molecule has 0 bridgehead atoms.